The number of benzene rings is 1. The lowest BCUT2D eigenvalue weighted by atomic mass is 10.2. The van der Waals surface area contributed by atoms with Crippen LogP contribution in [0.5, 0.6) is 0 Å². The molecule has 0 aliphatic carbocycles. The van der Waals surface area contributed by atoms with Crippen molar-refractivity contribution in [2.24, 2.45) is 0 Å². The number of rotatable bonds is 5. The maximum Gasteiger partial charge on any atom is 0.247 e. The molecule has 0 N–H and O–H groups in total. The van der Waals surface area contributed by atoms with Crippen LogP contribution >= 0.6 is 11.8 Å². The van der Waals surface area contributed by atoms with E-state index in [-0.39, 0.29) is 0 Å². The number of aromatic nitrogens is 2. The molecule has 2 aromatic heterocycles. The van der Waals surface area contributed by atoms with Gasteiger partial charge in [0.1, 0.15) is 5.76 Å². The fraction of sp³-hybridized carbons (Fsp3) is 0.143. The molecule has 0 amide bonds. The monoisotopic (exact) mass is 272 g/mol. The molecular weight excluding hydrogens is 260 g/mol. The van der Waals surface area contributed by atoms with Gasteiger partial charge in [0, 0.05) is 5.56 Å². The van der Waals surface area contributed by atoms with Gasteiger partial charge in [-0.15, -0.1) is 22.0 Å². The van der Waals surface area contributed by atoms with E-state index < -0.39 is 0 Å². The molecule has 0 fully saturated rings. The first-order valence-electron chi connectivity index (χ1n) is 5.90. The molecule has 0 radical (unpaired) electrons. The van der Waals surface area contributed by atoms with Crippen molar-refractivity contribution < 1.29 is 8.83 Å². The third-order valence-corrected chi connectivity index (χ3v) is 3.48. The van der Waals surface area contributed by atoms with Gasteiger partial charge in [-0.25, -0.2) is 0 Å². The molecule has 0 aliphatic heterocycles. The van der Waals surface area contributed by atoms with Crippen LogP contribution in [0.25, 0.3) is 11.5 Å². The Bertz CT molecular complexity index is 620. The van der Waals surface area contributed by atoms with E-state index in [4.69, 9.17) is 8.83 Å². The smallest absolute Gasteiger partial charge is 0.247 e. The van der Waals surface area contributed by atoms with Gasteiger partial charge in [-0.3, -0.25) is 0 Å². The van der Waals surface area contributed by atoms with Gasteiger partial charge < -0.3 is 8.83 Å². The van der Waals surface area contributed by atoms with Crippen LogP contribution in [-0.2, 0) is 11.5 Å². The molecular formula is C14H12N2O2S. The SMILES string of the molecule is c1ccc(-c2nnc(CSCc3ccco3)o2)cc1. The first kappa shape index (κ1) is 12.0. The van der Waals surface area contributed by atoms with Crippen LogP contribution in [-0.4, -0.2) is 10.2 Å². The fourth-order valence-corrected chi connectivity index (χ4v) is 2.40. The van der Waals surface area contributed by atoms with Gasteiger partial charge in [-0.2, -0.15) is 0 Å². The summed E-state index contributed by atoms with van der Waals surface area (Å²) in [7, 11) is 0. The van der Waals surface area contributed by atoms with Gasteiger partial charge in [0.2, 0.25) is 11.8 Å². The molecule has 1 aromatic carbocycles. The van der Waals surface area contributed by atoms with Gasteiger partial charge in [0.25, 0.3) is 0 Å². The Balaban J connectivity index is 1.59. The largest absolute Gasteiger partial charge is 0.468 e. The van der Waals surface area contributed by atoms with Crippen LogP contribution in [0, 0.1) is 0 Å². The molecule has 19 heavy (non-hydrogen) atoms. The van der Waals surface area contributed by atoms with E-state index in [9.17, 15) is 0 Å². The highest BCUT2D eigenvalue weighted by atomic mass is 32.2. The summed E-state index contributed by atoms with van der Waals surface area (Å²) < 4.78 is 10.9. The summed E-state index contributed by atoms with van der Waals surface area (Å²) >= 11 is 1.68. The van der Waals surface area contributed by atoms with E-state index in [1.54, 1.807) is 18.0 Å². The second kappa shape index (κ2) is 5.75. The average molecular weight is 272 g/mol. The zero-order valence-electron chi connectivity index (χ0n) is 10.2. The molecule has 0 bridgehead atoms. The molecule has 0 aliphatic rings. The molecule has 0 spiro atoms. The molecule has 0 saturated heterocycles. The Hall–Kier alpha value is -2.01. The Kier molecular flexibility index (Phi) is 3.65. The number of hydrogen-bond acceptors (Lipinski definition) is 5. The minimum absolute atomic E-state index is 0.564. The zero-order chi connectivity index (χ0) is 12.9. The number of nitrogens with zero attached hydrogens (tertiary/aromatic N) is 2. The number of furan rings is 1. The summed E-state index contributed by atoms with van der Waals surface area (Å²) in [6.07, 6.45) is 1.68. The number of hydrogen-bond donors (Lipinski definition) is 0. The molecule has 0 atom stereocenters. The van der Waals surface area contributed by atoms with Crippen LogP contribution in [0.1, 0.15) is 11.7 Å². The van der Waals surface area contributed by atoms with Crippen molar-refractivity contribution in [1.29, 1.82) is 0 Å². The van der Waals surface area contributed by atoms with Crippen LogP contribution in [0.2, 0.25) is 0 Å². The highest BCUT2D eigenvalue weighted by Gasteiger charge is 2.08. The van der Waals surface area contributed by atoms with E-state index in [0.29, 0.717) is 17.5 Å². The lowest BCUT2D eigenvalue weighted by Gasteiger charge is -1.95. The predicted octanol–water partition coefficient (Wildman–Crippen LogP) is 3.76. The van der Waals surface area contributed by atoms with E-state index >= 15 is 0 Å². The van der Waals surface area contributed by atoms with E-state index in [1.807, 2.05) is 42.5 Å². The quantitative estimate of drug-likeness (QED) is 0.707. The van der Waals surface area contributed by atoms with Gasteiger partial charge in [-0.1, -0.05) is 18.2 Å². The summed E-state index contributed by atoms with van der Waals surface area (Å²) in [6, 6.07) is 13.6. The van der Waals surface area contributed by atoms with Crippen molar-refractivity contribution in [3.8, 4) is 11.5 Å². The van der Waals surface area contributed by atoms with Crippen molar-refractivity contribution in [1.82, 2.24) is 10.2 Å². The van der Waals surface area contributed by atoms with Crippen LogP contribution in [0.4, 0.5) is 0 Å². The van der Waals surface area contributed by atoms with Gasteiger partial charge in [0.15, 0.2) is 0 Å². The standard InChI is InChI=1S/C14H12N2O2S/c1-2-5-11(6-3-1)14-16-15-13(18-14)10-19-9-12-7-4-8-17-12/h1-8H,9-10H2. The van der Waals surface area contributed by atoms with Crippen molar-refractivity contribution in [3.63, 3.8) is 0 Å². The molecule has 2 heterocycles. The molecule has 0 saturated carbocycles. The van der Waals surface area contributed by atoms with Crippen LogP contribution in [0.15, 0.2) is 57.6 Å². The molecule has 3 rings (SSSR count). The Morgan fingerprint density at radius 1 is 0.947 bits per heavy atom. The summed E-state index contributed by atoms with van der Waals surface area (Å²) in [5, 5.41) is 8.09. The minimum atomic E-state index is 0.564. The first-order valence-corrected chi connectivity index (χ1v) is 7.05. The Labute approximate surface area is 114 Å². The predicted molar refractivity (Wildman–Crippen MR) is 73.4 cm³/mol. The summed E-state index contributed by atoms with van der Waals surface area (Å²) in [5.74, 6) is 3.63. The third kappa shape index (κ3) is 3.06. The average Bonchev–Trinajstić information content (AvgIpc) is 3.11. The van der Waals surface area contributed by atoms with Crippen molar-refractivity contribution in [2.45, 2.75) is 11.5 Å². The van der Waals surface area contributed by atoms with E-state index in [2.05, 4.69) is 10.2 Å². The second-order valence-corrected chi connectivity index (χ2v) is 4.92. The van der Waals surface area contributed by atoms with Crippen molar-refractivity contribution >= 4 is 11.8 Å². The van der Waals surface area contributed by atoms with Gasteiger partial charge >= 0.3 is 0 Å². The molecule has 5 heteroatoms. The molecule has 3 aromatic rings. The lowest BCUT2D eigenvalue weighted by Crippen LogP contribution is -1.81. The van der Waals surface area contributed by atoms with Gasteiger partial charge in [-0.05, 0) is 24.3 Å². The lowest BCUT2D eigenvalue weighted by molar-refractivity contribution is 0.525. The van der Waals surface area contributed by atoms with Crippen molar-refractivity contribution in [2.75, 3.05) is 0 Å². The zero-order valence-corrected chi connectivity index (χ0v) is 11.0. The third-order valence-electron chi connectivity index (χ3n) is 2.54. The summed E-state index contributed by atoms with van der Waals surface area (Å²) in [5.41, 5.74) is 0.942. The van der Waals surface area contributed by atoms with Crippen LogP contribution in [0.3, 0.4) is 0 Å². The number of thioether (sulfide) groups is 1. The molecule has 4 nitrogen and oxygen atoms in total. The fourth-order valence-electron chi connectivity index (χ4n) is 1.64. The summed E-state index contributed by atoms with van der Waals surface area (Å²) in [4.78, 5) is 0. The topological polar surface area (TPSA) is 52.1 Å². The normalized spacial score (nSPS) is 10.7. The highest BCUT2D eigenvalue weighted by Crippen LogP contribution is 2.21. The first-order chi connectivity index (χ1) is 9.42. The molecule has 0 unspecified atom stereocenters. The highest BCUT2D eigenvalue weighted by molar-refractivity contribution is 7.97. The second-order valence-electron chi connectivity index (χ2n) is 3.94. The maximum atomic E-state index is 5.62. The Morgan fingerprint density at radius 2 is 1.84 bits per heavy atom. The van der Waals surface area contributed by atoms with E-state index in [1.165, 1.54) is 0 Å². The maximum absolute atomic E-state index is 5.62. The van der Waals surface area contributed by atoms with E-state index in [0.717, 1.165) is 17.1 Å². The van der Waals surface area contributed by atoms with Gasteiger partial charge in [0.05, 0.1) is 17.8 Å². The van der Waals surface area contributed by atoms with Crippen LogP contribution < -0.4 is 0 Å². The Morgan fingerprint density at radius 3 is 2.63 bits per heavy atom. The van der Waals surface area contributed by atoms with Crippen molar-refractivity contribution in [3.05, 3.63) is 60.4 Å². The minimum Gasteiger partial charge on any atom is -0.468 e. The summed E-state index contributed by atoms with van der Waals surface area (Å²) in [6.45, 7) is 0. The molecule has 96 valence electrons.